The van der Waals surface area contributed by atoms with E-state index in [9.17, 15) is 8.78 Å². The summed E-state index contributed by atoms with van der Waals surface area (Å²) in [5.74, 6) is -1.99. The van der Waals surface area contributed by atoms with Crippen LogP contribution in [0.25, 0.3) is 0 Å². The van der Waals surface area contributed by atoms with E-state index in [1.165, 1.54) is 0 Å². The molecule has 0 amide bonds. The van der Waals surface area contributed by atoms with Crippen molar-refractivity contribution in [2.75, 3.05) is 6.26 Å². The first-order valence-electron chi connectivity index (χ1n) is 3.10. The number of hydrogen-bond donors (Lipinski definition) is 1. The average molecular weight is 188 g/mol. The Kier molecular flexibility index (Phi) is 2.75. The fourth-order valence-corrected chi connectivity index (χ4v) is 1.06. The molecule has 1 rings (SSSR count). The van der Waals surface area contributed by atoms with Crippen molar-refractivity contribution in [3.05, 3.63) is 23.8 Å². The maximum Gasteiger partial charge on any atom is 0.161 e. The molecule has 0 spiro atoms. The molecular weight excluding hydrogens is 182 g/mol. The average Bonchev–Trinajstić information content (AvgIpc) is 2.01. The third-order valence-electron chi connectivity index (χ3n) is 1.23. The lowest BCUT2D eigenvalue weighted by Crippen LogP contribution is -2.11. The number of allylic oxidation sites excluding steroid dienone is 4. The molecule has 0 bridgehead atoms. The lowest BCUT2D eigenvalue weighted by molar-refractivity contribution is 0.546. The summed E-state index contributed by atoms with van der Waals surface area (Å²) in [6.45, 7) is 0. The van der Waals surface area contributed by atoms with E-state index in [-0.39, 0.29) is 11.4 Å². The number of rotatable bonds is 1. The van der Waals surface area contributed by atoms with Crippen LogP contribution in [0.1, 0.15) is 0 Å². The Bertz CT molecular complexity index is 305. The van der Waals surface area contributed by atoms with E-state index < -0.39 is 11.7 Å². The van der Waals surface area contributed by atoms with Crippen molar-refractivity contribution in [1.29, 1.82) is 5.41 Å². The van der Waals surface area contributed by atoms with Crippen molar-refractivity contribution in [2.24, 2.45) is 4.40 Å². The number of nitrogens with zero attached hydrogens (tertiary/aromatic N) is 1. The molecule has 0 saturated heterocycles. The molecule has 5 heteroatoms. The molecule has 1 N–H and O–H groups in total. The zero-order chi connectivity index (χ0) is 9.14. The maximum absolute atomic E-state index is 12.6. The van der Waals surface area contributed by atoms with Gasteiger partial charge in [0.25, 0.3) is 0 Å². The summed E-state index contributed by atoms with van der Waals surface area (Å²) in [5.41, 5.74) is 0.0460. The SMILES string of the molecule is CS/N=C1/C=C(F)C(F)=CC1=N. The van der Waals surface area contributed by atoms with E-state index in [2.05, 4.69) is 4.40 Å². The van der Waals surface area contributed by atoms with Gasteiger partial charge in [0, 0.05) is 18.4 Å². The fourth-order valence-electron chi connectivity index (χ4n) is 0.710. The molecule has 1 aliphatic carbocycles. The van der Waals surface area contributed by atoms with E-state index in [0.29, 0.717) is 0 Å². The standard InChI is InChI=1S/C7H6F2N2S/c1-12-11-7-3-5(9)4(8)2-6(7)10/h2-3,10H,1H3/b10-6?,11-7-. The number of halogens is 2. The monoisotopic (exact) mass is 188 g/mol. The van der Waals surface area contributed by atoms with Crippen molar-refractivity contribution >= 4 is 23.4 Å². The third-order valence-corrected chi connectivity index (χ3v) is 1.61. The Balaban J connectivity index is 3.00. The molecule has 2 nitrogen and oxygen atoms in total. The Morgan fingerprint density at radius 2 is 1.92 bits per heavy atom. The normalized spacial score (nSPS) is 20.9. The lowest BCUT2D eigenvalue weighted by Gasteiger charge is -2.04. The summed E-state index contributed by atoms with van der Waals surface area (Å²) in [6, 6.07) is 0. The number of hydrogen-bond acceptors (Lipinski definition) is 3. The molecule has 0 fully saturated rings. The first-order valence-corrected chi connectivity index (χ1v) is 4.28. The molecule has 0 unspecified atom stereocenters. The summed E-state index contributed by atoms with van der Waals surface area (Å²) >= 11 is 1.10. The predicted molar refractivity (Wildman–Crippen MR) is 47.1 cm³/mol. The van der Waals surface area contributed by atoms with Gasteiger partial charge >= 0.3 is 0 Å². The molecule has 1 aliphatic rings. The van der Waals surface area contributed by atoms with E-state index in [4.69, 9.17) is 5.41 Å². The van der Waals surface area contributed by atoms with Crippen LogP contribution in [0.5, 0.6) is 0 Å². The highest BCUT2D eigenvalue weighted by Crippen LogP contribution is 2.18. The van der Waals surface area contributed by atoms with Crippen LogP contribution in [0.15, 0.2) is 28.2 Å². The van der Waals surface area contributed by atoms with Gasteiger partial charge in [-0.25, -0.2) is 13.2 Å². The number of nitrogens with one attached hydrogen (secondary N) is 1. The van der Waals surface area contributed by atoms with Gasteiger partial charge in [-0.3, -0.25) is 5.41 Å². The van der Waals surface area contributed by atoms with Gasteiger partial charge in [0.15, 0.2) is 11.7 Å². The van der Waals surface area contributed by atoms with Gasteiger partial charge in [-0.15, -0.1) is 0 Å². The second-order valence-corrected chi connectivity index (χ2v) is 2.61. The quantitative estimate of drug-likeness (QED) is 0.498. The smallest absolute Gasteiger partial charge is 0.161 e. The molecule has 0 aromatic carbocycles. The van der Waals surface area contributed by atoms with Crippen molar-refractivity contribution < 1.29 is 8.78 Å². The summed E-state index contributed by atoms with van der Waals surface area (Å²) in [4.78, 5) is 0. The first kappa shape index (κ1) is 9.12. The van der Waals surface area contributed by atoms with E-state index in [1.807, 2.05) is 0 Å². The van der Waals surface area contributed by atoms with E-state index in [0.717, 1.165) is 24.1 Å². The van der Waals surface area contributed by atoms with Crippen LogP contribution in [0.3, 0.4) is 0 Å². The van der Waals surface area contributed by atoms with Crippen LogP contribution < -0.4 is 0 Å². The van der Waals surface area contributed by atoms with Gasteiger partial charge in [0.2, 0.25) is 0 Å². The molecular formula is C7H6F2N2S. The van der Waals surface area contributed by atoms with E-state index >= 15 is 0 Å². The summed E-state index contributed by atoms with van der Waals surface area (Å²) < 4.78 is 28.7. The van der Waals surface area contributed by atoms with Crippen molar-refractivity contribution in [2.45, 2.75) is 0 Å². The fraction of sp³-hybridized carbons (Fsp3) is 0.143. The molecule has 0 aromatic heterocycles. The van der Waals surface area contributed by atoms with Gasteiger partial charge < -0.3 is 0 Å². The summed E-state index contributed by atoms with van der Waals surface area (Å²) in [5, 5.41) is 7.20. The highest BCUT2D eigenvalue weighted by molar-refractivity contribution is 7.97. The van der Waals surface area contributed by atoms with Crippen LogP contribution in [0.2, 0.25) is 0 Å². The second kappa shape index (κ2) is 3.62. The second-order valence-electron chi connectivity index (χ2n) is 2.06. The van der Waals surface area contributed by atoms with Crippen molar-refractivity contribution in [3.8, 4) is 0 Å². The molecule has 12 heavy (non-hydrogen) atoms. The van der Waals surface area contributed by atoms with Crippen LogP contribution in [0, 0.1) is 5.41 Å². The molecule has 0 radical (unpaired) electrons. The van der Waals surface area contributed by atoms with Crippen LogP contribution in [-0.4, -0.2) is 17.7 Å². The molecule has 0 saturated carbocycles. The minimum atomic E-state index is -1.01. The van der Waals surface area contributed by atoms with Gasteiger partial charge in [0.05, 0.1) is 11.4 Å². The van der Waals surface area contributed by atoms with Crippen LogP contribution in [-0.2, 0) is 0 Å². The van der Waals surface area contributed by atoms with Gasteiger partial charge in [-0.2, -0.15) is 0 Å². The highest BCUT2D eigenvalue weighted by Gasteiger charge is 2.15. The Hall–Kier alpha value is -0.970. The van der Waals surface area contributed by atoms with Crippen molar-refractivity contribution in [3.63, 3.8) is 0 Å². The van der Waals surface area contributed by atoms with Gasteiger partial charge in [-0.1, -0.05) is 0 Å². The summed E-state index contributed by atoms with van der Waals surface area (Å²) in [7, 11) is 0. The van der Waals surface area contributed by atoms with E-state index in [1.54, 1.807) is 6.26 Å². The Labute approximate surface area is 72.7 Å². The minimum absolute atomic E-state index is 0.108. The third kappa shape index (κ3) is 1.79. The molecule has 64 valence electrons. The van der Waals surface area contributed by atoms with Crippen LogP contribution >= 0.6 is 11.9 Å². The summed E-state index contributed by atoms with van der Waals surface area (Å²) in [6.07, 6.45) is 3.40. The maximum atomic E-state index is 12.6. The molecule has 0 aromatic rings. The molecule has 0 aliphatic heterocycles. The largest absolute Gasteiger partial charge is 0.298 e. The van der Waals surface area contributed by atoms with Gasteiger partial charge in [0.1, 0.15) is 0 Å². The topological polar surface area (TPSA) is 36.2 Å². The Morgan fingerprint density at radius 3 is 2.50 bits per heavy atom. The van der Waals surface area contributed by atoms with Gasteiger partial charge in [-0.05, 0) is 11.9 Å². The molecule has 0 atom stereocenters. The van der Waals surface area contributed by atoms with Crippen molar-refractivity contribution in [1.82, 2.24) is 0 Å². The highest BCUT2D eigenvalue weighted by atomic mass is 32.2. The zero-order valence-electron chi connectivity index (χ0n) is 6.27. The molecule has 0 heterocycles. The predicted octanol–water partition coefficient (Wildman–Crippen LogP) is 2.45. The lowest BCUT2D eigenvalue weighted by atomic mass is 10.1. The zero-order valence-corrected chi connectivity index (χ0v) is 7.08. The van der Waals surface area contributed by atoms with Crippen LogP contribution in [0.4, 0.5) is 8.78 Å². The minimum Gasteiger partial charge on any atom is -0.298 e. The Morgan fingerprint density at radius 1 is 1.33 bits per heavy atom. The first-order chi connectivity index (χ1) is 5.65.